The Bertz CT molecular complexity index is 1100. The van der Waals surface area contributed by atoms with Crippen molar-refractivity contribution < 1.29 is 14.4 Å². The third-order valence-electron chi connectivity index (χ3n) is 7.41. The molecule has 0 saturated carbocycles. The molecule has 2 aromatic rings. The van der Waals surface area contributed by atoms with Gasteiger partial charge in [0.25, 0.3) is 5.69 Å². The van der Waals surface area contributed by atoms with Crippen molar-refractivity contribution in [3.8, 4) is 11.5 Å². The minimum absolute atomic E-state index is 0.0877. The van der Waals surface area contributed by atoms with Crippen molar-refractivity contribution in [2.45, 2.75) is 111 Å². The van der Waals surface area contributed by atoms with Gasteiger partial charge in [0.05, 0.1) is 26.2 Å². The molecule has 0 unspecified atom stereocenters. The lowest BCUT2D eigenvalue weighted by Crippen LogP contribution is -2.22. The van der Waals surface area contributed by atoms with E-state index in [0.29, 0.717) is 13.2 Å². The van der Waals surface area contributed by atoms with Gasteiger partial charge in [-0.1, -0.05) is 122 Å². The van der Waals surface area contributed by atoms with Crippen LogP contribution in [0.5, 0.6) is 11.5 Å². The highest BCUT2D eigenvalue weighted by molar-refractivity contribution is 6.93. The van der Waals surface area contributed by atoms with Crippen molar-refractivity contribution in [2.75, 3.05) is 13.2 Å². The Morgan fingerprint density at radius 3 is 1.80 bits per heavy atom. The molecule has 226 valence electrons. The first kappa shape index (κ1) is 34.3. The second-order valence-electron chi connectivity index (χ2n) is 12.0. The maximum absolute atomic E-state index is 11.1. The molecule has 0 aliphatic carbocycles. The zero-order valence-electron chi connectivity index (χ0n) is 26.3. The van der Waals surface area contributed by atoms with E-state index in [1.54, 1.807) is 12.1 Å². The highest BCUT2D eigenvalue weighted by Crippen LogP contribution is 2.38. The van der Waals surface area contributed by atoms with E-state index in [9.17, 15) is 10.1 Å². The summed E-state index contributed by atoms with van der Waals surface area (Å²) in [7, 11) is -1.69. The van der Waals surface area contributed by atoms with Gasteiger partial charge in [-0.3, -0.25) is 10.1 Å². The number of rotatable bonds is 21. The predicted octanol–water partition coefficient (Wildman–Crippen LogP) is 11.1. The zero-order chi connectivity index (χ0) is 30.1. The van der Waals surface area contributed by atoms with Crippen molar-refractivity contribution in [3.05, 3.63) is 69.8 Å². The van der Waals surface area contributed by atoms with Crippen molar-refractivity contribution in [3.63, 3.8) is 0 Å². The first-order chi connectivity index (χ1) is 19.7. The summed E-state index contributed by atoms with van der Waals surface area (Å²) in [5, 5.41) is 12.2. The van der Waals surface area contributed by atoms with Crippen LogP contribution in [0.15, 0.2) is 43.0 Å². The van der Waals surface area contributed by atoms with Gasteiger partial charge in [0, 0.05) is 23.3 Å². The van der Waals surface area contributed by atoms with Gasteiger partial charge in [-0.25, -0.2) is 0 Å². The third kappa shape index (κ3) is 12.7. The van der Waals surface area contributed by atoms with Crippen LogP contribution < -0.4 is 9.47 Å². The minimum Gasteiger partial charge on any atom is -0.493 e. The standard InChI is InChI=1S/C35H53NO4Si/c1-7-9-11-13-15-17-25-39-34-28-33(29(3)41(4,5)6)35(40-26-18-16-14-12-10-8-2)27-31(34)22-19-30-20-23-32(24-21-30)36(37)38/h19-24,27-28H,3,7-18,25-26H2,1-2,4-6H3/b22-19+. The van der Waals surface area contributed by atoms with E-state index >= 15 is 0 Å². The molecule has 6 heteroatoms. The molecule has 0 heterocycles. The molecule has 2 rings (SSSR count). The fourth-order valence-corrected chi connectivity index (χ4v) is 5.62. The van der Waals surface area contributed by atoms with E-state index in [1.165, 1.54) is 76.3 Å². The van der Waals surface area contributed by atoms with Crippen molar-refractivity contribution in [1.29, 1.82) is 0 Å². The topological polar surface area (TPSA) is 61.6 Å². The third-order valence-corrected chi connectivity index (χ3v) is 9.49. The zero-order valence-corrected chi connectivity index (χ0v) is 27.3. The SMILES string of the molecule is C=C(c1cc(OCCCCCCCC)c(/C=C/c2ccc([N+](=O)[O-])cc2)cc1OCCCCCCCC)[Si](C)(C)C. The van der Waals surface area contributed by atoms with E-state index in [0.717, 1.165) is 46.2 Å². The Kier molecular flexibility index (Phi) is 15.5. The number of nitro benzene ring substituents is 1. The molecule has 41 heavy (non-hydrogen) atoms. The number of ether oxygens (including phenoxy) is 2. The Morgan fingerprint density at radius 2 is 1.29 bits per heavy atom. The summed E-state index contributed by atoms with van der Waals surface area (Å²) in [4.78, 5) is 10.7. The molecule has 0 aliphatic rings. The predicted molar refractivity (Wildman–Crippen MR) is 179 cm³/mol. The lowest BCUT2D eigenvalue weighted by atomic mass is 10.1. The monoisotopic (exact) mass is 579 g/mol. The molecule has 0 N–H and O–H groups in total. The van der Waals surface area contributed by atoms with Crippen LogP contribution in [0.3, 0.4) is 0 Å². The lowest BCUT2D eigenvalue weighted by Gasteiger charge is -2.24. The number of unbranched alkanes of at least 4 members (excludes halogenated alkanes) is 10. The molecule has 5 nitrogen and oxygen atoms in total. The van der Waals surface area contributed by atoms with Crippen LogP contribution in [0.4, 0.5) is 5.69 Å². The summed E-state index contributed by atoms with van der Waals surface area (Å²) in [6.45, 7) is 17.3. The number of non-ortho nitro benzene ring substituents is 1. The summed E-state index contributed by atoms with van der Waals surface area (Å²) in [6, 6.07) is 10.8. The van der Waals surface area contributed by atoms with Gasteiger partial charge in [0.15, 0.2) is 0 Å². The maximum atomic E-state index is 11.1. The summed E-state index contributed by atoms with van der Waals surface area (Å²) in [5.41, 5.74) is 2.98. The van der Waals surface area contributed by atoms with Crippen molar-refractivity contribution in [2.24, 2.45) is 0 Å². The molecular weight excluding hydrogens is 526 g/mol. The van der Waals surface area contributed by atoms with Crippen LogP contribution in [-0.2, 0) is 0 Å². The fourth-order valence-electron chi connectivity index (χ4n) is 4.61. The molecular formula is C35H53NO4Si. The quantitative estimate of drug-likeness (QED) is 0.0485. The van der Waals surface area contributed by atoms with Gasteiger partial charge in [-0.15, -0.1) is 0 Å². The summed E-state index contributed by atoms with van der Waals surface area (Å²) >= 11 is 0. The van der Waals surface area contributed by atoms with Gasteiger partial charge >= 0.3 is 0 Å². The second kappa shape index (κ2) is 18.5. The van der Waals surface area contributed by atoms with E-state index in [2.05, 4.69) is 52.2 Å². The molecule has 0 radical (unpaired) electrons. The molecule has 0 saturated heterocycles. The summed E-state index contributed by atoms with van der Waals surface area (Å²) in [6.07, 6.45) is 18.6. The van der Waals surface area contributed by atoms with Gasteiger partial charge in [-0.2, -0.15) is 0 Å². The number of nitrogens with zero attached hydrogens (tertiary/aromatic N) is 1. The van der Waals surface area contributed by atoms with Crippen LogP contribution in [0, 0.1) is 10.1 Å². The fraction of sp³-hybridized carbons (Fsp3) is 0.543. The number of nitro groups is 1. The van der Waals surface area contributed by atoms with Crippen molar-refractivity contribution in [1.82, 2.24) is 0 Å². The number of benzene rings is 2. The molecule has 0 aromatic heterocycles. The summed E-state index contributed by atoms with van der Waals surface area (Å²) in [5.74, 6) is 1.69. The molecule has 0 bridgehead atoms. The Morgan fingerprint density at radius 1 is 0.780 bits per heavy atom. The lowest BCUT2D eigenvalue weighted by molar-refractivity contribution is -0.384. The Balaban J connectivity index is 2.31. The maximum Gasteiger partial charge on any atom is 0.269 e. The summed E-state index contributed by atoms with van der Waals surface area (Å²) < 4.78 is 12.8. The molecule has 2 aromatic carbocycles. The molecule has 0 aliphatic heterocycles. The normalized spacial score (nSPS) is 11.6. The highest BCUT2D eigenvalue weighted by atomic mass is 28.3. The largest absolute Gasteiger partial charge is 0.493 e. The minimum atomic E-state index is -1.69. The Labute approximate surface area is 250 Å². The van der Waals surface area contributed by atoms with Crippen LogP contribution >= 0.6 is 0 Å². The Hall–Kier alpha value is -2.86. The number of hydrogen-bond donors (Lipinski definition) is 0. The van der Waals surface area contributed by atoms with Crippen LogP contribution in [-0.4, -0.2) is 26.2 Å². The second-order valence-corrected chi connectivity index (χ2v) is 17.1. The van der Waals surface area contributed by atoms with Crippen LogP contribution in [0.1, 0.15) is 108 Å². The average Bonchev–Trinajstić information content (AvgIpc) is 2.94. The average molecular weight is 580 g/mol. The van der Waals surface area contributed by atoms with Crippen molar-refractivity contribution >= 4 is 31.1 Å². The number of hydrogen-bond acceptors (Lipinski definition) is 4. The van der Waals surface area contributed by atoms with Crippen LogP contribution in [0.25, 0.3) is 17.3 Å². The van der Waals surface area contributed by atoms with E-state index in [-0.39, 0.29) is 10.6 Å². The van der Waals surface area contributed by atoms with E-state index in [4.69, 9.17) is 9.47 Å². The van der Waals surface area contributed by atoms with Crippen LogP contribution in [0.2, 0.25) is 19.6 Å². The smallest absolute Gasteiger partial charge is 0.269 e. The van der Waals surface area contributed by atoms with Gasteiger partial charge in [0.2, 0.25) is 0 Å². The molecule has 0 amide bonds. The van der Waals surface area contributed by atoms with Gasteiger partial charge < -0.3 is 9.47 Å². The van der Waals surface area contributed by atoms with E-state index < -0.39 is 8.07 Å². The van der Waals surface area contributed by atoms with Gasteiger partial charge in [-0.05, 0) is 42.7 Å². The molecule has 0 fully saturated rings. The first-order valence-corrected chi connectivity index (χ1v) is 19.2. The highest BCUT2D eigenvalue weighted by Gasteiger charge is 2.24. The van der Waals surface area contributed by atoms with E-state index in [1.807, 2.05) is 12.2 Å². The molecule has 0 spiro atoms. The first-order valence-electron chi connectivity index (χ1n) is 15.7. The molecule has 0 atom stereocenters. The van der Waals surface area contributed by atoms with Gasteiger partial charge in [0.1, 0.15) is 11.5 Å².